The average Bonchev–Trinajstić information content (AvgIpc) is 2.65. The molecule has 0 spiro atoms. The Bertz CT molecular complexity index is 923. The van der Waals surface area contributed by atoms with Gasteiger partial charge in [-0.1, -0.05) is 48.5 Å². The van der Waals surface area contributed by atoms with Crippen molar-refractivity contribution in [3.8, 4) is 23.3 Å². The Morgan fingerprint density at radius 2 is 1.08 bits per heavy atom. The number of nitrogens with zero attached hydrogens (tertiary/aromatic N) is 2. The zero-order valence-electron chi connectivity index (χ0n) is 12.7. The molecule has 0 aromatic heterocycles. The third kappa shape index (κ3) is 2.17. The molecule has 0 heterocycles. The number of hydrogen-bond acceptors (Lipinski definition) is 4. The summed E-state index contributed by atoms with van der Waals surface area (Å²) >= 11 is 0. The second-order valence-electron chi connectivity index (χ2n) is 5.43. The van der Waals surface area contributed by atoms with E-state index in [1.165, 1.54) is 0 Å². The van der Waals surface area contributed by atoms with E-state index >= 15 is 0 Å². The van der Waals surface area contributed by atoms with Crippen LogP contribution in [0.25, 0.3) is 11.1 Å². The molecule has 0 saturated carbocycles. The monoisotopic (exact) mass is 308 g/mol. The van der Waals surface area contributed by atoms with Crippen molar-refractivity contribution in [2.75, 3.05) is 0 Å². The molecular formula is C20H12N4. The van der Waals surface area contributed by atoms with E-state index in [1.54, 1.807) is 0 Å². The number of nitrogens with one attached hydrogen (secondary N) is 2. The summed E-state index contributed by atoms with van der Waals surface area (Å²) in [6.45, 7) is 0. The summed E-state index contributed by atoms with van der Waals surface area (Å²) in [7, 11) is 0. The Hall–Kier alpha value is -3.68. The Morgan fingerprint density at radius 1 is 0.708 bits per heavy atom. The quantitative estimate of drug-likeness (QED) is 0.649. The Balaban J connectivity index is 2.43. The molecule has 2 aromatic carbocycles. The summed E-state index contributed by atoms with van der Waals surface area (Å²) in [4.78, 5) is 0. The second kappa shape index (κ2) is 6.21. The SMILES string of the molecule is N#CC(=C=N)C1c2ccccc2-c2ccccc2C1C(=C=N)C#N. The van der Waals surface area contributed by atoms with Gasteiger partial charge in [0.05, 0.1) is 11.1 Å². The molecule has 0 radical (unpaired) electrons. The molecule has 0 fully saturated rings. The maximum atomic E-state index is 9.47. The number of nitriles is 2. The summed E-state index contributed by atoms with van der Waals surface area (Å²) in [6, 6.07) is 19.4. The van der Waals surface area contributed by atoms with Crippen molar-refractivity contribution in [1.29, 1.82) is 21.3 Å². The van der Waals surface area contributed by atoms with Gasteiger partial charge in [-0.15, -0.1) is 0 Å². The lowest BCUT2D eigenvalue weighted by atomic mass is 9.67. The van der Waals surface area contributed by atoms with Crippen LogP contribution in [0.5, 0.6) is 0 Å². The van der Waals surface area contributed by atoms with Crippen LogP contribution in [0.4, 0.5) is 0 Å². The van der Waals surface area contributed by atoms with Gasteiger partial charge < -0.3 is 0 Å². The van der Waals surface area contributed by atoms with E-state index in [0.717, 1.165) is 22.3 Å². The molecule has 0 saturated heterocycles. The minimum atomic E-state index is -0.522. The van der Waals surface area contributed by atoms with Crippen molar-refractivity contribution < 1.29 is 0 Å². The van der Waals surface area contributed by atoms with Crippen LogP contribution in [0.15, 0.2) is 59.7 Å². The third-order valence-electron chi connectivity index (χ3n) is 4.35. The minimum Gasteiger partial charge on any atom is -0.258 e. The smallest absolute Gasteiger partial charge is 0.105 e. The first-order chi connectivity index (χ1) is 11.8. The minimum absolute atomic E-state index is 0.143. The number of hydrogen-bond donors (Lipinski definition) is 2. The van der Waals surface area contributed by atoms with Crippen molar-refractivity contribution in [2.24, 2.45) is 0 Å². The van der Waals surface area contributed by atoms with Crippen molar-refractivity contribution in [3.05, 3.63) is 70.8 Å². The highest BCUT2D eigenvalue weighted by Crippen LogP contribution is 2.51. The Morgan fingerprint density at radius 3 is 1.42 bits per heavy atom. The summed E-state index contributed by atoms with van der Waals surface area (Å²) in [5.41, 5.74) is 3.95. The molecule has 0 bridgehead atoms. The maximum Gasteiger partial charge on any atom is 0.105 e. The van der Waals surface area contributed by atoms with Crippen molar-refractivity contribution in [3.63, 3.8) is 0 Å². The normalized spacial score (nSPS) is 17.1. The predicted molar refractivity (Wildman–Crippen MR) is 91.1 cm³/mol. The molecule has 0 aliphatic heterocycles. The largest absolute Gasteiger partial charge is 0.258 e. The number of fused-ring (bicyclic) bond motifs is 3. The van der Waals surface area contributed by atoms with E-state index in [4.69, 9.17) is 10.8 Å². The van der Waals surface area contributed by atoms with Gasteiger partial charge in [0.25, 0.3) is 0 Å². The highest BCUT2D eigenvalue weighted by Gasteiger charge is 2.38. The van der Waals surface area contributed by atoms with Gasteiger partial charge in [-0.05, 0) is 34.0 Å². The molecule has 2 N–H and O–H groups in total. The molecule has 2 unspecified atom stereocenters. The van der Waals surface area contributed by atoms with E-state index < -0.39 is 11.8 Å². The van der Waals surface area contributed by atoms with Crippen LogP contribution in [0.3, 0.4) is 0 Å². The molecule has 1 aliphatic rings. The van der Waals surface area contributed by atoms with Crippen molar-refractivity contribution in [1.82, 2.24) is 0 Å². The van der Waals surface area contributed by atoms with Gasteiger partial charge in [-0.2, -0.15) is 10.5 Å². The van der Waals surface area contributed by atoms with Gasteiger partial charge in [0.1, 0.15) is 12.1 Å². The fourth-order valence-electron chi connectivity index (χ4n) is 3.38. The molecule has 4 nitrogen and oxygen atoms in total. The number of allylic oxidation sites excluding steroid dienone is 2. The molecule has 0 amide bonds. The van der Waals surface area contributed by atoms with Gasteiger partial charge in [0.15, 0.2) is 0 Å². The highest BCUT2D eigenvalue weighted by atomic mass is 14.4. The summed E-state index contributed by atoms with van der Waals surface area (Å²) in [5, 5.41) is 33.9. The van der Waals surface area contributed by atoms with Crippen LogP contribution < -0.4 is 0 Å². The first kappa shape index (κ1) is 15.2. The van der Waals surface area contributed by atoms with E-state index in [9.17, 15) is 10.5 Å². The van der Waals surface area contributed by atoms with E-state index in [0.29, 0.717) is 0 Å². The molecule has 2 atom stereocenters. The van der Waals surface area contributed by atoms with Crippen LogP contribution in [0.2, 0.25) is 0 Å². The van der Waals surface area contributed by atoms with Gasteiger partial charge in [0.2, 0.25) is 0 Å². The second-order valence-corrected chi connectivity index (χ2v) is 5.43. The summed E-state index contributed by atoms with van der Waals surface area (Å²) < 4.78 is 0. The molecule has 24 heavy (non-hydrogen) atoms. The molecule has 112 valence electrons. The van der Waals surface area contributed by atoms with Gasteiger partial charge >= 0.3 is 0 Å². The standard InChI is InChI=1S/C20H12N4/c21-9-13(10-22)19-17-7-3-1-5-15(17)16-6-2-4-8-18(16)20(19)14(11-23)12-24/h1-8,19-21,23H. The predicted octanol–water partition coefficient (Wildman–Crippen LogP) is 3.93. The van der Waals surface area contributed by atoms with E-state index in [2.05, 4.69) is 11.7 Å². The van der Waals surface area contributed by atoms with Crippen molar-refractivity contribution in [2.45, 2.75) is 11.8 Å². The summed E-state index contributed by atoms with van der Waals surface area (Å²) in [6.07, 6.45) is 0. The zero-order chi connectivity index (χ0) is 17.1. The number of benzene rings is 2. The first-order valence-electron chi connectivity index (χ1n) is 7.34. The Labute approximate surface area is 139 Å². The fourth-order valence-corrected chi connectivity index (χ4v) is 3.38. The third-order valence-corrected chi connectivity index (χ3v) is 4.35. The van der Waals surface area contributed by atoms with Gasteiger partial charge in [0, 0.05) is 11.8 Å². The molecule has 4 heteroatoms. The molecule has 2 aromatic rings. The summed E-state index contributed by atoms with van der Waals surface area (Å²) in [5.74, 6) is 3.40. The first-order valence-corrected chi connectivity index (χ1v) is 7.34. The fraction of sp³-hybridized carbons (Fsp3) is 0.100. The van der Waals surface area contributed by atoms with Crippen LogP contribution in [0, 0.1) is 33.5 Å². The highest BCUT2D eigenvalue weighted by molar-refractivity contribution is 5.82. The van der Waals surface area contributed by atoms with Crippen LogP contribution in [0.1, 0.15) is 23.0 Å². The Kier molecular flexibility index (Phi) is 3.94. The molecule has 1 aliphatic carbocycles. The average molecular weight is 308 g/mol. The van der Waals surface area contributed by atoms with E-state index in [-0.39, 0.29) is 11.1 Å². The van der Waals surface area contributed by atoms with Crippen molar-refractivity contribution >= 4 is 11.7 Å². The molecular weight excluding hydrogens is 296 g/mol. The maximum absolute atomic E-state index is 9.47. The molecule has 3 rings (SSSR count). The van der Waals surface area contributed by atoms with Gasteiger partial charge in [-0.3, -0.25) is 10.8 Å². The zero-order valence-corrected chi connectivity index (χ0v) is 12.7. The van der Waals surface area contributed by atoms with E-state index in [1.807, 2.05) is 60.7 Å². The topological polar surface area (TPSA) is 95.3 Å². The van der Waals surface area contributed by atoms with Crippen LogP contribution in [-0.2, 0) is 0 Å². The van der Waals surface area contributed by atoms with Crippen LogP contribution in [-0.4, -0.2) is 11.7 Å². The lowest BCUT2D eigenvalue weighted by Crippen LogP contribution is -2.21. The van der Waals surface area contributed by atoms with Gasteiger partial charge in [-0.25, -0.2) is 0 Å². The number of rotatable bonds is 2. The lowest BCUT2D eigenvalue weighted by Gasteiger charge is -2.33. The lowest BCUT2D eigenvalue weighted by molar-refractivity contribution is 0.697. The van der Waals surface area contributed by atoms with Crippen LogP contribution >= 0.6 is 0 Å².